The molecule has 0 spiro atoms. The first kappa shape index (κ1) is 14.7. The van der Waals surface area contributed by atoms with Crippen LogP contribution in [-0.4, -0.2) is 16.1 Å². The van der Waals surface area contributed by atoms with Gasteiger partial charge in [0.15, 0.2) is 0 Å². The van der Waals surface area contributed by atoms with Gasteiger partial charge in [-0.05, 0) is 43.7 Å². The van der Waals surface area contributed by atoms with Gasteiger partial charge in [-0.25, -0.2) is 0 Å². The van der Waals surface area contributed by atoms with E-state index in [1.54, 1.807) is 11.3 Å². The van der Waals surface area contributed by atoms with Crippen LogP contribution in [0.3, 0.4) is 0 Å². The fraction of sp³-hybridized carbons (Fsp3) is 0.533. The second-order valence-electron chi connectivity index (χ2n) is 5.28. The Labute approximate surface area is 132 Å². The summed E-state index contributed by atoms with van der Waals surface area (Å²) in [6.07, 6.45) is 8.17. The van der Waals surface area contributed by atoms with Crippen molar-refractivity contribution in [1.82, 2.24) is 10.2 Å². The summed E-state index contributed by atoms with van der Waals surface area (Å²) in [5, 5.41) is 12.4. The molecule has 2 heterocycles. The molecule has 0 atom stereocenters. The molecule has 0 saturated heterocycles. The molecule has 0 aromatic carbocycles. The lowest BCUT2D eigenvalue weighted by Crippen LogP contribution is -2.09. The predicted molar refractivity (Wildman–Crippen MR) is 87.4 cm³/mol. The van der Waals surface area contributed by atoms with Gasteiger partial charge in [-0.3, -0.25) is 10.1 Å². The van der Waals surface area contributed by atoms with E-state index in [4.69, 9.17) is 0 Å². The number of hydrogen-bond donors (Lipinski definition) is 1. The summed E-state index contributed by atoms with van der Waals surface area (Å²) < 4.78 is 0. The van der Waals surface area contributed by atoms with Gasteiger partial charge >= 0.3 is 0 Å². The maximum Gasteiger partial charge on any atom is 0.267 e. The minimum absolute atomic E-state index is 0.0504. The number of aromatic nitrogens is 2. The standard InChI is InChI=1S/C15H19N3OS2/c1-2-13-17-18-15(21-13)16-14(19)12-9-10-7-5-3-4-6-8-11(10)20-12/h9H,2-8H2,1H3,(H,16,18,19). The van der Waals surface area contributed by atoms with Gasteiger partial charge in [0.25, 0.3) is 5.91 Å². The Morgan fingerprint density at radius 3 is 2.76 bits per heavy atom. The molecule has 21 heavy (non-hydrogen) atoms. The summed E-state index contributed by atoms with van der Waals surface area (Å²) in [6, 6.07) is 2.07. The molecule has 112 valence electrons. The summed E-state index contributed by atoms with van der Waals surface area (Å²) in [5.41, 5.74) is 1.37. The topological polar surface area (TPSA) is 54.9 Å². The zero-order chi connectivity index (χ0) is 14.7. The fourth-order valence-electron chi connectivity index (χ4n) is 2.56. The monoisotopic (exact) mass is 321 g/mol. The van der Waals surface area contributed by atoms with Crippen molar-refractivity contribution >= 4 is 33.7 Å². The van der Waals surface area contributed by atoms with E-state index in [1.165, 1.54) is 47.5 Å². The maximum atomic E-state index is 12.3. The highest BCUT2D eigenvalue weighted by atomic mass is 32.1. The Balaban J connectivity index is 1.73. The second-order valence-corrected chi connectivity index (χ2v) is 7.48. The molecule has 3 rings (SSSR count). The van der Waals surface area contributed by atoms with Crippen molar-refractivity contribution in [3.8, 4) is 0 Å². The Hall–Kier alpha value is -1.27. The van der Waals surface area contributed by atoms with E-state index in [0.29, 0.717) is 5.13 Å². The average Bonchev–Trinajstić information content (AvgIpc) is 3.06. The lowest BCUT2D eigenvalue weighted by Gasteiger charge is -2.07. The van der Waals surface area contributed by atoms with Crippen LogP contribution in [0.1, 0.15) is 57.7 Å². The van der Waals surface area contributed by atoms with Crippen molar-refractivity contribution in [2.24, 2.45) is 0 Å². The SMILES string of the molecule is CCc1nnc(NC(=O)c2cc3c(s2)CCCCCC3)s1. The zero-order valence-corrected chi connectivity index (χ0v) is 13.8. The summed E-state index contributed by atoms with van der Waals surface area (Å²) in [6.45, 7) is 2.03. The van der Waals surface area contributed by atoms with Crippen molar-refractivity contribution in [3.05, 3.63) is 26.4 Å². The maximum absolute atomic E-state index is 12.3. The molecule has 0 unspecified atom stereocenters. The molecule has 0 saturated carbocycles. The Morgan fingerprint density at radius 1 is 1.19 bits per heavy atom. The highest BCUT2D eigenvalue weighted by Gasteiger charge is 2.17. The van der Waals surface area contributed by atoms with Crippen molar-refractivity contribution in [3.63, 3.8) is 0 Å². The van der Waals surface area contributed by atoms with Crippen LogP contribution in [-0.2, 0) is 19.3 Å². The summed E-state index contributed by atoms with van der Waals surface area (Å²) in [5.74, 6) is -0.0504. The number of carbonyl (C=O) groups excluding carboxylic acids is 1. The summed E-state index contributed by atoms with van der Waals surface area (Å²) in [7, 11) is 0. The van der Waals surface area contributed by atoms with Crippen LogP contribution >= 0.6 is 22.7 Å². The molecule has 1 N–H and O–H groups in total. The third-order valence-corrected chi connectivity index (χ3v) is 5.93. The Bertz CT molecular complexity index is 607. The predicted octanol–water partition coefficient (Wildman–Crippen LogP) is 4.07. The third-order valence-electron chi connectivity index (χ3n) is 3.71. The van der Waals surface area contributed by atoms with E-state index in [9.17, 15) is 4.79 Å². The quantitative estimate of drug-likeness (QED) is 0.927. The van der Waals surface area contributed by atoms with E-state index >= 15 is 0 Å². The number of fused-ring (bicyclic) bond motifs is 1. The van der Waals surface area contributed by atoms with Gasteiger partial charge in [0.2, 0.25) is 5.13 Å². The van der Waals surface area contributed by atoms with Gasteiger partial charge in [0, 0.05) is 4.88 Å². The van der Waals surface area contributed by atoms with Crippen LogP contribution in [0.15, 0.2) is 6.07 Å². The Kier molecular flexibility index (Phi) is 4.65. The minimum atomic E-state index is -0.0504. The van der Waals surface area contributed by atoms with Gasteiger partial charge in [-0.2, -0.15) is 0 Å². The third kappa shape index (κ3) is 3.49. The molecular weight excluding hydrogens is 302 g/mol. The number of carbonyl (C=O) groups is 1. The molecule has 6 heteroatoms. The molecule has 1 aliphatic rings. The first-order valence-electron chi connectivity index (χ1n) is 7.51. The summed E-state index contributed by atoms with van der Waals surface area (Å²) in [4.78, 5) is 14.5. The molecule has 2 aromatic rings. The van der Waals surface area contributed by atoms with Crippen molar-refractivity contribution in [2.75, 3.05) is 5.32 Å². The number of nitrogens with zero attached hydrogens (tertiary/aromatic N) is 2. The van der Waals surface area contributed by atoms with Crippen LogP contribution in [0.4, 0.5) is 5.13 Å². The molecule has 4 nitrogen and oxygen atoms in total. The number of anilines is 1. The molecule has 2 aromatic heterocycles. The molecule has 0 radical (unpaired) electrons. The van der Waals surface area contributed by atoms with Crippen LogP contribution in [0.25, 0.3) is 0 Å². The minimum Gasteiger partial charge on any atom is -0.296 e. The summed E-state index contributed by atoms with van der Waals surface area (Å²) >= 11 is 3.09. The number of thiophene rings is 1. The molecule has 1 amide bonds. The first-order chi connectivity index (χ1) is 10.3. The van der Waals surface area contributed by atoms with E-state index in [-0.39, 0.29) is 5.91 Å². The number of aryl methyl sites for hydroxylation is 3. The zero-order valence-electron chi connectivity index (χ0n) is 12.1. The second kappa shape index (κ2) is 6.66. The van der Waals surface area contributed by atoms with Crippen molar-refractivity contribution in [1.29, 1.82) is 0 Å². The van der Waals surface area contributed by atoms with E-state index in [1.807, 2.05) is 6.92 Å². The first-order valence-corrected chi connectivity index (χ1v) is 9.15. The van der Waals surface area contributed by atoms with Gasteiger partial charge in [0.1, 0.15) is 5.01 Å². The average molecular weight is 321 g/mol. The van der Waals surface area contributed by atoms with Gasteiger partial charge < -0.3 is 0 Å². The van der Waals surface area contributed by atoms with Crippen LogP contribution in [0, 0.1) is 0 Å². The number of hydrogen-bond acceptors (Lipinski definition) is 5. The fourth-order valence-corrected chi connectivity index (χ4v) is 4.39. The molecule has 0 fully saturated rings. The molecule has 0 bridgehead atoms. The van der Waals surface area contributed by atoms with Crippen molar-refractivity contribution in [2.45, 2.75) is 51.9 Å². The molecule has 0 aliphatic heterocycles. The molecular formula is C15H19N3OS2. The highest BCUT2D eigenvalue weighted by molar-refractivity contribution is 7.16. The van der Waals surface area contributed by atoms with E-state index in [0.717, 1.165) is 29.1 Å². The number of nitrogens with one attached hydrogen (secondary N) is 1. The van der Waals surface area contributed by atoms with Gasteiger partial charge in [-0.15, -0.1) is 21.5 Å². The van der Waals surface area contributed by atoms with Crippen molar-refractivity contribution < 1.29 is 4.79 Å². The van der Waals surface area contributed by atoms with Gasteiger partial charge in [-0.1, -0.05) is 31.1 Å². The highest BCUT2D eigenvalue weighted by Crippen LogP contribution is 2.29. The Morgan fingerprint density at radius 2 is 2.00 bits per heavy atom. The van der Waals surface area contributed by atoms with Crippen LogP contribution < -0.4 is 5.32 Å². The normalized spacial score (nSPS) is 15.1. The van der Waals surface area contributed by atoms with Gasteiger partial charge in [0.05, 0.1) is 4.88 Å². The molecule has 1 aliphatic carbocycles. The number of rotatable bonds is 3. The lowest BCUT2D eigenvalue weighted by molar-refractivity contribution is 0.103. The van der Waals surface area contributed by atoms with E-state index < -0.39 is 0 Å². The van der Waals surface area contributed by atoms with E-state index in [2.05, 4.69) is 21.6 Å². The largest absolute Gasteiger partial charge is 0.296 e. The number of amides is 1. The lowest BCUT2D eigenvalue weighted by atomic mass is 10.00. The smallest absolute Gasteiger partial charge is 0.267 e. The van der Waals surface area contributed by atoms with Crippen LogP contribution in [0.2, 0.25) is 0 Å². The van der Waals surface area contributed by atoms with Crippen LogP contribution in [0.5, 0.6) is 0 Å².